The van der Waals surface area contributed by atoms with Crippen LogP contribution in [0, 0.1) is 0 Å². The van der Waals surface area contributed by atoms with E-state index in [1.165, 1.54) is 24.5 Å². The van der Waals surface area contributed by atoms with Gasteiger partial charge in [-0.25, -0.2) is 13.4 Å². The molecule has 0 aliphatic carbocycles. The average molecular weight is 500 g/mol. The van der Waals surface area contributed by atoms with Gasteiger partial charge >= 0.3 is 0 Å². The fourth-order valence-electron chi connectivity index (χ4n) is 3.22. The molecule has 2 amide bonds. The highest BCUT2D eigenvalue weighted by molar-refractivity contribution is 7.90. The van der Waals surface area contributed by atoms with Crippen LogP contribution in [0.15, 0.2) is 58.4 Å². The highest BCUT2D eigenvalue weighted by Gasteiger charge is 2.14. The van der Waals surface area contributed by atoms with Crippen LogP contribution in [0.1, 0.15) is 39.0 Å². The summed E-state index contributed by atoms with van der Waals surface area (Å²) in [5, 5.41) is 3.25. The molecule has 1 heterocycles. The standard InChI is InChI=1S/C23H25N5O4S2/c1-14(29)26-23-27-19(12-7-15-3-8-17(9-4-15)21(30)28-22(24)25)20(33-23)13-16-5-10-18(11-6-16)34(2,31)32/h3-6,8-11H,7,12-13H2,1-2H3,(H,26,27,29)(H4,24,25,28,30). The second-order valence-electron chi connectivity index (χ2n) is 7.70. The van der Waals surface area contributed by atoms with Crippen molar-refractivity contribution in [2.75, 3.05) is 11.6 Å². The third-order valence-electron chi connectivity index (χ3n) is 4.86. The molecule has 0 aliphatic rings. The van der Waals surface area contributed by atoms with Gasteiger partial charge in [0.25, 0.3) is 5.91 Å². The van der Waals surface area contributed by atoms with Crippen molar-refractivity contribution in [2.45, 2.75) is 31.1 Å². The Labute approximate surface area is 201 Å². The molecular formula is C23H25N5O4S2. The number of aromatic nitrogens is 1. The van der Waals surface area contributed by atoms with Gasteiger partial charge in [-0.3, -0.25) is 9.59 Å². The summed E-state index contributed by atoms with van der Waals surface area (Å²) < 4.78 is 23.4. The van der Waals surface area contributed by atoms with Crippen LogP contribution in [0.2, 0.25) is 0 Å². The van der Waals surface area contributed by atoms with Crippen molar-refractivity contribution in [3.8, 4) is 0 Å². The predicted octanol–water partition coefficient (Wildman–Crippen LogP) is 2.29. The minimum Gasteiger partial charge on any atom is -0.370 e. The summed E-state index contributed by atoms with van der Waals surface area (Å²) in [6, 6.07) is 13.7. The molecule has 0 saturated carbocycles. The molecule has 0 aliphatic heterocycles. The number of nitrogens with two attached hydrogens (primary N) is 2. The number of aryl methyl sites for hydroxylation is 2. The molecule has 9 nitrogen and oxygen atoms in total. The minimum absolute atomic E-state index is 0.203. The Morgan fingerprint density at radius 3 is 2.18 bits per heavy atom. The number of thiazole rings is 1. The number of carbonyl (C=O) groups excluding carboxylic acids is 2. The fourth-order valence-corrected chi connectivity index (χ4v) is 4.94. The van der Waals surface area contributed by atoms with Gasteiger partial charge in [0.15, 0.2) is 20.9 Å². The third kappa shape index (κ3) is 6.96. The van der Waals surface area contributed by atoms with Crippen molar-refractivity contribution in [1.82, 2.24) is 4.98 Å². The van der Waals surface area contributed by atoms with E-state index in [1.54, 1.807) is 36.4 Å². The number of nitrogens with one attached hydrogen (secondary N) is 1. The normalized spacial score (nSPS) is 11.1. The zero-order valence-corrected chi connectivity index (χ0v) is 20.4. The van der Waals surface area contributed by atoms with Gasteiger partial charge in [-0.15, -0.1) is 11.3 Å². The van der Waals surface area contributed by atoms with Crippen molar-refractivity contribution in [3.63, 3.8) is 0 Å². The van der Waals surface area contributed by atoms with Crippen molar-refractivity contribution < 1.29 is 18.0 Å². The molecule has 0 atom stereocenters. The van der Waals surface area contributed by atoms with Gasteiger partial charge in [-0.1, -0.05) is 24.3 Å². The number of nitrogens with zero attached hydrogens (tertiary/aromatic N) is 2. The summed E-state index contributed by atoms with van der Waals surface area (Å²) in [4.78, 5) is 32.8. The van der Waals surface area contributed by atoms with E-state index in [9.17, 15) is 18.0 Å². The molecule has 0 saturated heterocycles. The number of guanidine groups is 1. The van der Waals surface area contributed by atoms with Crippen LogP contribution in [0.3, 0.4) is 0 Å². The van der Waals surface area contributed by atoms with E-state index in [0.29, 0.717) is 30.0 Å². The molecule has 0 spiro atoms. The van der Waals surface area contributed by atoms with Crippen molar-refractivity contribution in [2.24, 2.45) is 16.5 Å². The Bertz CT molecular complexity index is 1320. The number of rotatable bonds is 8. The summed E-state index contributed by atoms with van der Waals surface area (Å²) in [5.41, 5.74) is 13.7. The second-order valence-corrected chi connectivity index (χ2v) is 10.8. The molecule has 0 unspecified atom stereocenters. The Kier molecular flexibility index (Phi) is 7.79. The number of carbonyl (C=O) groups is 2. The van der Waals surface area contributed by atoms with Crippen LogP contribution in [0.5, 0.6) is 0 Å². The van der Waals surface area contributed by atoms with E-state index in [4.69, 9.17) is 11.5 Å². The first-order valence-corrected chi connectivity index (χ1v) is 13.0. The maximum atomic E-state index is 11.9. The number of hydrogen-bond acceptors (Lipinski definition) is 6. The van der Waals surface area contributed by atoms with E-state index in [0.717, 1.165) is 21.7 Å². The molecule has 5 N–H and O–H groups in total. The first-order valence-electron chi connectivity index (χ1n) is 10.3. The molecule has 0 radical (unpaired) electrons. The lowest BCUT2D eigenvalue weighted by Crippen LogP contribution is -2.24. The van der Waals surface area contributed by atoms with Gasteiger partial charge in [-0.05, 0) is 48.2 Å². The van der Waals surface area contributed by atoms with Gasteiger partial charge in [0.2, 0.25) is 5.91 Å². The van der Waals surface area contributed by atoms with Crippen LogP contribution < -0.4 is 16.8 Å². The number of amides is 2. The lowest BCUT2D eigenvalue weighted by Gasteiger charge is -2.05. The topological polar surface area (TPSA) is 158 Å². The summed E-state index contributed by atoms with van der Waals surface area (Å²) in [7, 11) is -3.26. The van der Waals surface area contributed by atoms with Gasteiger partial charge in [0.1, 0.15) is 0 Å². The maximum Gasteiger partial charge on any atom is 0.280 e. The van der Waals surface area contributed by atoms with Crippen LogP contribution in [0.4, 0.5) is 5.13 Å². The lowest BCUT2D eigenvalue weighted by molar-refractivity contribution is -0.114. The summed E-state index contributed by atoms with van der Waals surface area (Å²) in [6.45, 7) is 1.43. The average Bonchev–Trinajstić information content (AvgIpc) is 3.12. The van der Waals surface area contributed by atoms with Gasteiger partial charge < -0.3 is 16.8 Å². The van der Waals surface area contributed by atoms with Crippen LogP contribution in [-0.2, 0) is 33.9 Å². The van der Waals surface area contributed by atoms with Crippen LogP contribution in [-0.4, -0.2) is 37.4 Å². The lowest BCUT2D eigenvalue weighted by atomic mass is 10.0. The minimum atomic E-state index is -3.26. The Morgan fingerprint density at radius 2 is 1.62 bits per heavy atom. The molecule has 2 aromatic carbocycles. The number of aliphatic imine (C=N–C) groups is 1. The third-order valence-corrected chi connectivity index (χ3v) is 7.00. The molecule has 1 aromatic heterocycles. The second kappa shape index (κ2) is 10.6. The number of benzene rings is 2. The molecule has 0 bridgehead atoms. The number of sulfone groups is 1. The molecule has 0 fully saturated rings. The molecule has 3 aromatic rings. The Morgan fingerprint density at radius 1 is 1.00 bits per heavy atom. The fraction of sp³-hybridized carbons (Fsp3) is 0.217. The maximum absolute atomic E-state index is 11.9. The van der Waals surface area contributed by atoms with Crippen molar-refractivity contribution in [3.05, 3.63) is 75.8 Å². The number of hydrogen-bond donors (Lipinski definition) is 3. The number of anilines is 1. The van der Waals surface area contributed by atoms with Gasteiger partial charge in [0, 0.05) is 30.0 Å². The van der Waals surface area contributed by atoms with Gasteiger partial charge in [-0.2, -0.15) is 4.99 Å². The summed E-state index contributed by atoms with van der Waals surface area (Å²) >= 11 is 1.40. The van der Waals surface area contributed by atoms with Gasteiger partial charge in [0.05, 0.1) is 10.6 Å². The van der Waals surface area contributed by atoms with E-state index in [2.05, 4.69) is 15.3 Å². The highest BCUT2D eigenvalue weighted by Crippen LogP contribution is 2.27. The molecule has 11 heteroatoms. The highest BCUT2D eigenvalue weighted by atomic mass is 32.2. The zero-order valence-electron chi connectivity index (χ0n) is 18.7. The zero-order chi connectivity index (χ0) is 24.9. The summed E-state index contributed by atoms with van der Waals surface area (Å²) in [5.74, 6) is -0.994. The first-order chi connectivity index (χ1) is 16.0. The first kappa shape index (κ1) is 25.1. The SMILES string of the molecule is CC(=O)Nc1nc(CCc2ccc(C(=O)N=C(N)N)cc2)c(Cc2ccc(S(C)(=O)=O)cc2)s1. The van der Waals surface area contributed by atoms with E-state index in [1.807, 2.05) is 12.1 Å². The smallest absolute Gasteiger partial charge is 0.280 e. The molecule has 178 valence electrons. The Hall–Kier alpha value is -3.57. The predicted molar refractivity (Wildman–Crippen MR) is 133 cm³/mol. The molecule has 34 heavy (non-hydrogen) atoms. The van der Waals surface area contributed by atoms with E-state index < -0.39 is 15.7 Å². The quantitative estimate of drug-likeness (QED) is 0.317. The van der Waals surface area contributed by atoms with Crippen molar-refractivity contribution in [1.29, 1.82) is 0 Å². The van der Waals surface area contributed by atoms with E-state index in [-0.39, 0.29) is 16.8 Å². The summed E-state index contributed by atoms with van der Waals surface area (Å²) in [6.07, 6.45) is 3.02. The van der Waals surface area contributed by atoms with E-state index >= 15 is 0 Å². The van der Waals surface area contributed by atoms with Crippen LogP contribution in [0.25, 0.3) is 0 Å². The monoisotopic (exact) mass is 499 g/mol. The Balaban J connectivity index is 1.76. The largest absolute Gasteiger partial charge is 0.370 e. The molecular weight excluding hydrogens is 474 g/mol. The van der Waals surface area contributed by atoms with Crippen LogP contribution >= 0.6 is 11.3 Å². The van der Waals surface area contributed by atoms with Crippen molar-refractivity contribution >= 4 is 44.1 Å². The molecule has 3 rings (SSSR count).